The zero-order chi connectivity index (χ0) is 21.2. The highest BCUT2D eigenvalue weighted by Gasteiger charge is 2.23. The summed E-state index contributed by atoms with van der Waals surface area (Å²) in [6.45, 7) is -0.187. The highest BCUT2D eigenvalue weighted by Crippen LogP contribution is 2.12. The minimum Gasteiger partial charge on any atom is -0.508 e. The SMILES string of the molecule is COC(=O)[C@@H](Cc1ccc(O)cc1)NC(=O)CN(C)C(=O)OCc1ccccc1. The average molecular weight is 400 g/mol. The number of hydrogen-bond donors (Lipinski definition) is 2. The maximum absolute atomic E-state index is 12.3. The van der Waals surface area contributed by atoms with Crippen LogP contribution >= 0.6 is 0 Å². The van der Waals surface area contributed by atoms with Crippen LogP contribution in [0.1, 0.15) is 11.1 Å². The first kappa shape index (κ1) is 21.7. The Morgan fingerprint density at radius 3 is 2.31 bits per heavy atom. The number of amides is 2. The second kappa shape index (κ2) is 10.7. The van der Waals surface area contributed by atoms with Crippen LogP contribution in [0, 0.1) is 0 Å². The average Bonchev–Trinajstić information content (AvgIpc) is 2.73. The molecule has 2 aromatic rings. The molecule has 0 aliphatic carbocycles. The molecule has 8 heteroatoms. The summed E-state index contributed by atoms with van der Waals surface area (Å²) in [6.07, 6.45) is -0.474. The van der Waals surface area contributed by atoms with Gasteiger partial charge < -0.3 is 24.8 Å². The molecule has 29 heavy (non-hydrogen) atoms. The van der Waals surface area contributed by atoms with E-state index in [2.05, 4.69) is 5.32 Å². The Morgan fingerprint density at radius 1 is 1.03 bits per heavy atom. The molecule has 0 spiro atoms. The first-order valence-electron chi connectivity index (χ1n) is 8.96. The number of likely N-dealkylation sites (N-methyl/N-ethyl adjacent to an activating group) is 1. The number of nitrogens with one attached hydrogen (secondary N) is 1. The number of carbonyl (C=O) groups is 3. The van der Waals surface area contributed by atoms with Gasteiger partial charge in [-0.15, -0.1) is 0 Å². The van der Waals surface area contributed by atoms with E-state index in [9.17, 15) is 19.5 Å². The van der Waals surface area contributed by atoms with Gasteiger partial charge in [0, 0.05) is 13.5 Å². The Labute approximate surface area is 169 Å². The van der Waals surface area contributed by atoms with E-state index in [4.69, 9.17) is 9.47 Å². The number of esters is 1. The molecule has 154 valence electrons. The third-order valence-corrected chi connectivity index (χ3v) is 4.09. The second-order valence-electron chi connectivity index (χ2n) is 6.41. The lowest BCUT2D eigenvalue weighted by Gasteiger charge is -2.20. The van der Waals surface area contributed by atoms with Crippen molar-refractivity contribution in [3.8, 4) is 5.75 Å². The number of methoxy groups -OCH3 is 1. The van der Waals surface area contributed by atoms with Gasteiger partial charge in [-0.05, 0) is 23.3 Å². The van der Waals surface area contributed by atoms with Crippen molar-refractivity contribution in [2.45, 2.75) is 19.1 Å². The van der Waals surface area contributed by atoms with Crippen molar-refractivity contribution >= 4 is 18.0 Å². The topological polar surface area (TPSA) is 105 Å². The fraction of sp³-hybridized carbons (Fsp3) is 0.286. The third-order valence-electron chi connectivity index (χ3n) is 4.09. The molecule has 2 rings (SSSR count). The van der Waals surface area contributed by atoms with Gasteiger partial charge in [0.2, 0.25) is 5.91 Å². The summed E-state index contributed by atoms with van der Waals surface area (Å²) in [4.78, 5) is 37.5. The van der Waals surface area contributed by atoms with Crippen LogP contribution in [0.15, 0.2) is 54.6 Å². The van der Waals surface area contributed by atoms with Gasteiger partial charge in [0.05, 0.1) is 7.11 Å². The number of benzene rings is 2. The molecule has 0 heterocycles. The maximum atomic E-state index is 12.3. The molecule has 2 N–H and O–H groups in total. The minimum absolute atomic E-state index is 0.0945. The molecule has 0 unspecified atom stereocenters. The van der Waals surface area contributed by atoms with Gasteiger partial charge in [-0.2, -0.15) is 0 Å². The van der Waals surface area contributed by atoms with Gasteiger partial charge in [0.25, 0.3) is 0 Å². The lowest BCUT2D eigenvalue weighted by molar-refractivity contribution is -0.145. The van der Waals surface area contributed by atoms with E-state index in [0.29, 0.717) is 0 Å². The van der Waals surface area contributed by atoms with Crippen molar-refractivity contribution in [2.75, 3.05) is 20.7 Å². The van der Waals surface area contributed by atoms with Gasteiger partial charge in [0.15, 0.2) is 0 Å². The van der Waals surface area contributed by atoms with Crippen molar-refractivity contribution in [3.63, 3.8) is 0 Å². The van der Waals surface area contributed by atoms with Crippen LogP contribution in [0.5, 0.6) is 5.75 Å². The van der Waals surface area contributed by atoms with Crippen LogP contribution in [-0.4, -0.2) is 54.7 Å². The normalized spacial score (nSPS) is 11.2. The van der Waals surface area contributed by atoms with E-state index < -0.39 is 24.0 Å². The molecule has 2 amide bonds. The largest absolute Gasteiger partial charge is 0.508 e. The molecular formula is C21H24N2O6. The molecule has 8 nitrogen and oxygen atoms in total. The second-order valence-corrected chi connectivity index (χ2v) is 6.41. The molecule has 0 bridgehead atoms. The highest BCUT2D eigenvalue weighted by molar-refractivity contribution is 5.87. The summed E-state index contributed by atoms with van der Waals surface area (Å²) >= 11 is 0. The van der Waals surface area contributed by atoms with Crippen molar-refractivity contribution in [1.82, 2.24) is 10.2 Å². The molecule has 0 fully saturated rings. The number of aromatic hydroxyl groups is 1. The first-order valence-corrected chi connectivity index (χ1v) is 8.96. The molecule has 0 radical (unpaired) electrons. The minimum atomic E-state index is -0.925. The number of rotatable bonds is 8. The first-order chi connectivity index (χ1) is 13.9. The van der Waals surface area contributed by atoms with Crippen LogP contribution in [0.2, 0.25) is 0 Å². The molecular weight excluding hydrogens is 376 g/mol. The number of nitrogens with zero attached hydrogens (tertiary/aromatic N) is 1. The lowest BCUT2D eigenvalue weighted by atomic mass is 10.1. The molecule has 0 aliphatic heterocycles. The fourth-order valence-corrected chi connectivity index (χ4v) is 2.55. The van der Waals surface area contributed by atoms with E-state index in [1.807, 2.05) is 30.3 Å². The van der Waals surface area contributed by atoms with Crippen LogP contribution in [0.25, 0.3) is 0 Å². The summed E-state index contributed by atoms with van der Waals surface area (Å²) in [5, 5.41) is 11.9. The van der Waals surface area contributed by atoms with Crippen molar-refractivity contribution in [2.24, 2.45) is 0 Å². The van der Waals surface area contributed by atoms with Gasteiger partial charge in [-0.3, -0.25) is 4.79 Å². The quantitative estimate of drug-likeness (QED) is 0.656. The lowest BCUT2D eigenvalue weighted by Crippen LogP contribution is -2.47. The van der Waals surface area contributed by atoms with Gasteiger partial charge in [0.1, 0.15) is 24.9 Å². The zero-order valence-electron chi connectivity index (χ0n) is 16.3. The number of phenols is 1. The summed E-state index contributed by atoms with van der Waals surface area (Å²) in [6, 6.07) is 14.5. The number of carbonyl (C=O) groups excluding carboxylic acids is 3. The van der Waals surface area contributed by atoms with Crippen molar-refractivity contribution in [3.05, 3.63) is 65.7 Å². The molecule has 0 saturated heterocycles. The standard InChI is InChI=1S/C21H24N2O6/c1-23(21(27)29-14-16-6-4-3-5-7-16)13-19(25)22-18(20(26)28-2)12-15-8-10-17(24)11-9-15/h3-11,18,24H,12-14H2,1-2H3,(H,22,25)/t18-/m1/s1. The fourth-order valence-electron chi connectivity index (χ4n) is 2.55. The predicted octanol–water partition coefficient (Wildman–Crippen LogP) is 1.86. The Morgan fingerprint density at radius 2 is 1.69 bits per heavy atom. The van der Waals surface area contributed by atoms with Crippen molar-refractivity contribution in [1.29, 1.82) is 0 Å². The molecule has 0 saturated carbocycles. The molecule has 2 aromatic carbocycles. The number of phenolic OH excluding ortho intramolecular Hbond substituents is 1. The zero-order valence-corrected chi connectivity index (χ0v) is 16.3. The van der Waals surface area contributed by atoms with Gasteiger partial charge in [-0.25, -0.2) is 9.59 Å². The Hall–Kier alpha value is -3.55. The summed E-state index contributed by atoms with van der Waals surface area (Å²) < 4.78 is 9.90. The highest BCUT2D eigenvalue weighted by atomic mass is 16.6. The van der Waals surface area contributed by atoms with E-state index >= 15 is 0 Å². The third kappa shape index (κ3) is 7.17. The van der Waals surface area contributed by atoms with E-state index in [-0.39, 0.29) is 25.3 Å². The van der Waals surface area contributed by atoms with Crippen LogP contribution in [0.3, 0.4) is 0 Å². The predicted molar refractivity (Wildman–Crippen MR) is 105 cm³/mol. The van der Waals surface area contributed by atoms with Crippen LogP contribution in [-0.2, 0) is 32.1 Å². The summed E-state index contributed by atoms with van der Waals surface area (Å²) in [5.41, 5.74) is 1.56. The van der Waals surface area contributed by atoms with E-state index in [1.54, 1.807) is 12.1 Å². The van der Waals surface area contributed by atoms with Crippen molar-refractivity contribution < 1.29 is 29.0 Å². The molecule has 0 aromatic heterocycles. The monoisotopic (exact) mass is 400 g/mol. The van der Waals surface area contributed by atoms with E-state index in [0.717, 1.165) is 16.0 Å². The van der Waals surface area contributed by atoms with Crippen LogP contribution < -0.4 is 5.32 Å². The van der Waals surface area contributed by atoms with Crippen LogP contribution in [0.4, 0.5) is 4.79 Å². The smallest absolute Gasteiger partial charge is 0.410 e. The Balaban J connectivity index is 1.88. The Kier molecular flexibility index (Phi) is 8.02. The number of hydrogen-bond acceptors (Lipinski definition) is 6. The molecule has 0 aliphatic rings. The van der Waals surface area contributed by atoms with Gasteiger partial charge in [-0.1, -0.05) is 42.5 Å². The summed E-state index contributed by atoms with van der Waals surface area (Å²) in [7, 11) is 2.66. The Bertz CT molecular complexity index is 823. The van der Waals surface area contributed by atoms with Gasteiger partial charge >= 0.3 is 12.1 Å². The number of ether oxygens (including phenoxy) is 2. The maximum Gasteiger partial charge on any atom is 0.410 e. The molecule has 1 atom stereocenters. The summed E-state index contributed by atoms with van der Waals surface area (Å²) in [5.74, 6) is -1.04. The van der Waals surface area contributed by atoms with E-state index in [1.165, 1.54) is 26.3 Å².